The highest BCUT2D eigenvalue weighted by molar-refractivity contribution is 7.99. The van der Waals surface area contributed by atoms with Crippen LogP contribution in [0.2, 0.25) is 0 Å². The fraction of sp³-hybridized carbons (Fsp3) is 0.500. The third kappa shape index (κ3) is 4.10. The quantitative estimate of drug-likeness (QED) is 0.829. The van der Waals surface area contributed by atoms with Crippen molar-refractivity contribution in [3.05, 3.63) is 30.6 Å². The highest BCUT2D eigenvalue weighted by Crippen LogP contribution is 2.27. The molecule has 7 heteroatoms. The number of rotatable bonds is 6. The lowest BCUT2D eigenvalue weighted by atomic mass is 9.92. The Bertz CT molecular complexity index is 599. The van der Waals surface area contributed by atoms with Gasteiger partial charge in [-0.2, -0.15) is 0 Å². The summed E-state index contributed by atoms with van der Waals surface area (Å²) in [7, 11) is 0. The summed E-state index contributed by atoms with van der Waals surface area (Å²) in [6, 6.07) is 0. The molecule has 2 aromatic heterocycles. The van der Waals surface area contributed by atoms with Crippen LogP contribution in [0.3, 0.4) is 0 Å². The van der Waals surface area contributed by atoms with Crippen LogP contribution in [0, 0.1) is 0 Å². The molecule has 2 rings (SSSR count). The zero-order valence-corrected chi connectivity index (χ0v) is 13.3. The molecular weight excluding hydrogens is 288 g/mol. The monoisotopic (exact) mass is 308 g/mol. The van der Waals surface area contributed by atoms with Crippen molar-refractivity contribution >= 4 is 17.7 Å². The summed E-state index contributed by atoms with van der Waals surface area (Å²) in [6.07, 6.45) is 7.28. The topological polar surface area (TPSA) is 72.9 Å². The van der Waals surface area contributed by atoms with Crippen LogP contribution in [-0.4, -0.2) is 35.9 Å². The van der Waals surface area contributed by atoms with Crippen LogP contribution in [0.4, 0.5) is 0 Å². The van der Waals surface area contributed by atoms with E-state index in [1.807, 2.05) is 17.0 Å². The maximum absolute atomic E-state index is 10.8. The van der Waals surface area contributed by atoms with E-state index < -0.39 is 5.97 Å². The molecule has 114 valence electrons. The minimum Gasteiger partial charge on any atom is -0.481 e. The number of hydrogen-bond acceptors (Lipinski definition) is 4. The van der Waals surface area contributed by atoms with Gasteiger partial charge in [-0.3, -0.25) is 4.79 Å². The van der Waals surface area contributed by atoms with Crippen LogP contribution in [0.25, 0.3) is 0 Å². The summed E-state index contributed by atoms with van der Waals surface area (Å²) in [5, 5.41) is 9.59. The van der Waals surface area contributed by atoms with Crippen molar-refractivity contribution < 1.29 is 9.90 Å². The van der Waals surface area contributed by atoms with Gasteiger partial charge in [0, 0.05) is 42.8 Å². The van der Waals surface area contributed by atoms with Crippen LogP contribution in [0.5, 0.6) is 0 Å². The Morgan fingerprint density at radius 3 is 2.71 bits per heavy atom. The first-order chi connectivity index (χ1) is 9.88. The number of carboxylic acids is 1. The number of carboxylic acid groups (broad SMARTS) is 1. The maximum Gasteiger partial charge on any atom is 0.313 e. The van der Waals surface area contributed by atoms with Crippen LogP contribution < -0.4 is 0 Å². The van der Waals surface area contributed by atoms with Crippen molar-refractivity contribution in [2.45, 2.75) is 44.4 Å². The summed E-state index contributed by atoms with van der Waals surface area (Å²) >= 11 is 1.26. The molecule has 0 spiro atoms. The Morgan fingerprint density at radius 1 is 1.38 bits per heavy atom. The molecule has 0 radical (unpaired) electrons. The molecule has 0 aliphatic heterocycles. The Kier molecular flexibility index (Phi) is 4.72. The number of hydrogen-bond donors (Lipinski definition) is 1. The van der Waals surface area contributed by atoms with E-state index in [-0.39, 0.29) is 11.2 Å². The van der Waals surface area contributed by atoms with E-state index in [0.717, 1.165) is 23.9 Å². The number of aryl methyl sites for hydroxylation is 1. The largest absolute Gasteiger partial charge is 0.481 e. The Hall–Kier alpha value is -1.76. The molecule has 21 heavy (non-hydrogen) atoms. The molecule has 0 saturated carbocycles. The van der Waals surface area contributed by atoms with Gasteiger partial charge in [0.05, 0.1) is 12.1 Å². The molecule has 0 atom stereocenters. The first-order valence-corrected chi connectivity index (χ1v) is 7.73. The number of imidazole rings is 2. The molecule has 0 unspecified atom stereocenters. The number of aromatic nitrogens is 4. The summed E-state index contributed by atoms with van der Waals surface area (Å²) in [5.41, 5.74) is 1.07. The van der Waals surface area contributed by atoms with Crippen molar-refractivity contribution in [2.75, 3.05) is 5.75 Å². The molecule has 0 aliphatic carbocycles. The SMILES string of the molecule is CC(C)(C)c1cnc(SCC(=O)O)n1CCn1ccnc1. The van der Waals surface area contributed by atoms with E-state index in [0.29, 0.717) is 0 Å². The van der Waals surface area contributed by atoms with Gasteiger partial charge in [-0.15, -0.1) is 0 Å². The lowest BCUT2D eigenvalue weighted by Crippen LogP contribution is -2.20. The smallest absolute Gasteiger partial charge is 0.313 e. The molecule has 0 amide bonds. The standard InChI is InChI=1S/C14H20N4O2S/c1-14(2,3)11-8-16-13(21-9-12(19)20)18(11)7-6-17-5-4-15-10-17/h4-5,8,10H,6-7,9H2,1-3H3,(H,19,20). The highest BCUT2D eigenvalue weighted by Gasteiger charge is 2.22. The van der Waals surface area contributed by atoms with Gasteiger partial charge in [0.2, 0.25) is 0 Å². The molecule has 0 bridgehead atoms. The lowest BCUT2D eigenvalue weighted by Gasteiger charge is -2.22. The van der Waals surface area contributed by atoms with Gasteiger partial charge >= 0.3 is 5.97 Å². The lowest BCUT2D eigenvalue weighted by molar-refractivity contribution is -0.133. The minimum absolute atomic E-state index is 0.0195. The average molecular weight is 308 g/mol. The highest BCUT2D eigenvalue weighted by atomic mass is 32.2. The van der Waals surface area contributed by atoms with Gasteiger partial charge in [-0.05, 0) is 0 Å². The van der Waals surface area contributed by atoms with E-state index in [1.54, 1.807) is 12.5 Å². The number of thioether (sulfide) groups is 1. The van der Waals surface area contributed by atoms with Crippen LogP contribution >= 0.6 is 11.8 Å². The molecule has 0 saturated heterocycles. The molecule has 1 N–H and O–H groups in total. The molecule has 6 nitrogen and oxygen atoms in total. The van der Waals surface area contributed by atoms with Gasteiger partial charge in [0.15, 0.2) is 5.16 Å². The molecule has 0 aromatic carbocycles. The van der Waals surface area contributed by atoms with Crippen molar-refractivity contribution in [3.8, 4) is 0 Å². The summed E-state index contributed by atoms with van der Waals surface area (Å²) in [6.45, 7) is 7.90. The third-order valence-electron chi connectivity index (χ3n) is 3.05. The predicted octanol–water partition coefficient (Wildman–Crippen LogP) is 2.25. The van der Waals surface area contributed by atoms with Crippen molar-refractivity contribution in [3.63, 3.8) is 0 Å². The molecule has 2 aromatic rings. The van der Waals surface area contributed by atoms with E-state index in [9.17, 15) is 4.79 Å². The van der Waals surface area contributed by atoms with Gasteiger partial charge in [-0.25, -0.2) is 9.97 Å². The van der Waals surface area contributed by atoms with Gasteiger partial charge in [0.25, 0.3) is 0 Å². The second kappa shape index (κ2) is 6.34. The van der Waals surface area contributed by atoms with Crippen LogP contribution in [-0.2, 0) is 23.3 Å². The van der Waals surface area contributed by atoms with Crippen LogP contribution in [0.1, 0.15) is 26.5 Å². The van der Waals surface area contributed by atoms with E-state index in [1.165, 1.54) is 11.8 Å². The van der Waals surface area contributed by atoms with E-state index in [2.05, 4.69) is 35.3 Å². The fourth-order valence-corrected chi connectivity index (χ4v) is 2.77. The van der Waals surface area contributed by atoms with Gasteiger partial charge in [0.1, 0.15) is 0 Å². The van der Waals surface area contributed by atoms with Gasteiger partial charge in [-0.1, -0.05) is 32.5 Å². The number of carbonyl (C=O) groups is 1. The Balaban J connectivity index is 2.20. The molecule has 0 fully saturated rings. The summed E-state index contributed by atoms with van der Waals surface area (Å²) < 4.78 is 4.10. The number of aliphatic carboxylic acids is 1. The van der Waals surface area contributed by atoms with Crippen molar-refractivity contribution in [1.82, 2.24) is 19.1 Å². The van der Waals surface area contributed by atoms with Crippen LogP contribution in [0.15, 0.2) is 30.1 Å². The maximum atomic E-state index is 10.8. The predicted molar refractivity (Wildman–Crippen MR) is 81.5 cm³/mol. The molecular formula is C14H20N4O2S. The number of nitrogens with zero attached hydrogens (tertiary/aromatic N) is 4. The first kappa shape index (κ1) is 15.6. The zero-order chi connectivity index (χ0) is 15.5. The Morgan fingerprint density at radius 2 is 2.14 bits per heavy atom. The fourth-order valence-electron chi connectivity index (χ4n) is 2.05. The average Bonchev–Trinajstić information content (AvgIpc) is 3.02. The van der Waals surface area contributed by atoms with E-state index in [4.69, 9.17) is 5.11 Å². The third-order valence-corrected chi connectivity index (χ3v) is 4.03. The zero-order valence-electron chi connectivity index (χ0n) is 12.5. The second-order valence-electron chi connectivity index (χ2n) is 5.81. The summed E-state index contributed by atoms with van der Waals surface area (Å²) in [5.74, 6) is -0.812. The molecule has 2 heterocycles. The summed E-state index contributed by atoms with van der Waals surface area (Å²) in [4.78, 5) is 19.2. The minimum atomic E-state index is -0.832. The Labute approximate surface area is 128 Å². The first-order valence-electron chi connectivity index (χ1n) is 6.74. The molecule has 0 aliphatic rings. The van der Waals surface area contributed by atoms with Crippen molar-refractivity contribution in [1.29, 1.82) is 0 Å². The normalized spacial score (nSPS) is 11.8. The van der Waals surface area contributed by atoms with E-state index >= 15 is 0 Å². The van der Waals surface area contributed by atoms with Gasteiger partial charge < -0.3 is 14.2 Å². The van der Waals surface area contributed by atoms with Crippen molar-refractivity contribution in [2.24, 2.45) is 0 Å². The second-order valence-corrected chi connectivity index (χ2v) is 6.75.